The monoisotopic (exact) mass is 365 g/mol. The molecule has 0 bridgehead atoms. The molecule has 2 rings (SSSR count). The van der Waals surface area contributed by atoms with Crippen LogP contribution in [0.1, 0.15) is 0 Å². The van der Waals surface area contributed by atoms with Gasteiger partial charge in [-0.25, -0.2) is 9.59 Å². The number of hydrogen-bond acceptors (Lipinski definition) is 8. The molecule has 0 unspecified atom stereocenters. The molecule has 0 amide bonds. The van der Waals surface area contributed by atoms with Gasteiger partial charge in [0, 0.05) is 12.4 Å². The first kappa shape index (κ1) is 24.6. The third kappa shape index (κ3) is 18.6. The number of H-pyrrole nitrogens is 2. The second-order valence-corrected chi connectivity index (χ2v) is 2.82. The number of carbonyl (C=O) groups excluding carboxylic acids is 2. The van der Waals surface area contributed by atoms with Crippen molar-refractivity contribution >= 4 is 23.8 Å². The summed E-state index contributed by atoms with van der Waals surface area (Å²) in [7, 11) is 0. The van der Waals surface area contributed by atoms with E-state index in [2.05, 4.69) is 19.9 Å². The van der Waals surface area contributed by atoms with Crippen molar-refractivity contribution in [3.8, 4) is 0 Å². The summed E-state index contributed by atoms with van der Waals surface area (Å²) < 4.78 is 0. The zero-order chi connectivity index (χ0) is 17.4. The van der Waals surface area contributed by atoms with Crippen molar-refractivity contribution < 1.29 is 26.4 Å². The van der Waals surface area contributed by atoms with Gasteiger partial charge in [-0.3, -0.25) is 9.59 Å². The summed E-state index contributed by atoms with van der Waals surface area (Å²) in [5.74, 6) is 0.488. The van der Waals surface area contributed by atoms with Crippen molar-refractivity contribution in [1.29, 1.82) is 0 Å². The van der Waals surface area contributed by atoms with Gasteiger partial charge < -0.3 is 32.3 Å². The molecule has 0 atom stereocenters. The molecule has 2 aromatic rings. The zero-order valence-corrected chi connectivity index (χ0v) is 12.3. The number of nitrogens with one attached hydrogen (secondary N) is 2. The van der Waals surface area contributed by atoms with Crippen LogP contribution in [-0.2, 0) is 26.4 Å². The van der Waals surface area contributed by atoms with Gasteiger partial charge in [-0.05, 0) is 24.3 Å². The Bertz CT molecular complexity index is 668. The van der Waals surface area contributed by atoms with Crippen LogP contribution >= 0.6 is 0 Å². The van der Waals surface area contributed by atoms with E-state index in [1.807, 2.05) is 0 Å². The Kier molecular flexibility index (Phi) is 17.9. The number of anilines is 2. The second kappa shape index (κ2) is 16.7. The van der Waals surface area contributed by atoms with Crippen LogP contribution < -0.4 is 22.8 Å². The Morgan fingerprint density at radius 3 is 1.26 bits per heavy atom. The normalized spacial score (nSPS) is 6.96. The topological polar surface area (TPSA) is 222 Å². The predicted molar refractivity (Wildman–Crippen MR) is 76.6 cm³/mol. The fourth-order valence-corrected chi connectivity index (χ4v) is 0.770. The maximum Gasteiger partial charge on any atom is 2.00 e. The van der Waals surface area contributed by atoms with Crippen LogP contribution in [0.2, 0.25) is 0 Å². The molecular weight excluding hydrogens is 355 g/mol. The van der Waals surface area contributed by atoms with Crippen LogP contribution in [0.5, 0.6) is 0 Å². The predicted octanol–water partition coefficient (Wildman–Crippen LogP) is -1.52. The van der Waals surface area contributed by atoms with E-state index < -0.39 is 11.4 Å². The summed E-state index contributed by atoms with van der Waals surface area (Å²) in [4.78, 5) is 48.3. The first-order valence-electron chi connectivity index (χ1n) is 5.06. The summed E-state index contributed by atoms with van der Waals surface area (Å²) in [5, 5.41) is 13.5. The molecule has 123 valence electrons. The number of nitrogens with two attached hydrogens (primary N) is 2. The standard InChI is InChI=1S/2C4H5N3O.2CNO.Co/c2*5-3-1-2-6-4(8)7-3;2*2-1-3;/h2*1-2H,(H3,5,6,7,8);;;/q;;2*-1;+2. The molecule has 13 heteroatoms. The molecule has 0 spiro atoms. The van der Waals surface area contributed by atoms with Gasteiger partial charge in [0.2, 0.25) is 0 Å². The largest absolute Gasteiger partial charge is 2.00 e. The molecule has 0 aliphatic heterocycles. The number of rotatable bonds is 0. The van der Waals surface area contributed by atoms with Crippen LogP contribution in [0.3, 0.4) is 0 Å². The summed E-state index contributed by atoms with van der Waals surface area (Å²) in [5.41, 5.74) is 9.43. The smallest absolute Gasteiger partial charge is 0.724 e. The van der Waals surface area contributed by atoms with E-state index >= 15 is 0 Å². The van der Waals surface area contributed by atoms with E-state index in [0.29, 0.717) is 12.2 Å². The van der Waals surface area contributed by atoms with Crippen molar-refractivity contribution in [1.82, 2.24) is 19.9 Å². The fourth-order valence-electron chi connectivity index (χ4n) is 0.770. The van der Waals surface area contributed by atoms with E-state index in [0.717, 1.165) is 0 Å². The van der Waals surface area contributed by atoms with Gasteiger partial charge in [-0.15, -0.1) is 0 Å². The van der Waals surface area contributed by atoms with E-state index in [9.17, 15) is 9.59 Å². The van der Waals surface area contributed by atoms with E-state index in [4.69, 9.17) is 31.9 Å². The number of isocyanates is 2. The molecule has 1 radical (unpaired) electrons. The molecule has 0 saturated heterocycles. The van der Waals surface area contributed by atoms with E-state index in [1.165, 1.54) is 24.5 Å². The van der Waals surface area contributed by atoms with Gasteiger partial charge in [0.15, 0.2) is 0 Å². The van der Waals surface area contributed by atoms with Crippen LogP contribution in [0.15, 0.2) is 34.1 Å². The number of nitrogen functional groups attached to an aromatic ring is 2. The average molecular weight is 365 g/mol. The summed E-state index contributed by atoms with van der Waals surface area (Å²) in [6.45, 7) is 0. The first-order valence-corrected chi connectivity index (χ1v) is 5.06. The summed E-state index contributed by atoms with van der Waals surface area (Å²) in [6.07, 6.45) is 3.90. The average Bonchev–Trinajstić information content (AvgIpc) is 2.40. The molecule has 0 aliphatic rings. The van der Waals surface area contributed by atoms with Gasteiger partial charge >= 0.3 is 28.2 Å². The van der Waals surface area contributed by atoms with Crippen molar-refractivity contribution in [2.24, 2.45) is 0 Å². The summed E-state index contributed by atoms with van der Waals surface area (Å²) in [6, 6.07) is 3.03. The number of hydrogen-bond donors (Lipinski definition) is 4. The molecule has 12 nitrogen and oxygen atoms in total. The Labute approximate surface area is 138 Å². The van der Waals surface area contributed by atoms with Gasteiger partial charge in [0.05, 0.1) is 0 Å². The minimum atomic E-state index is -0.412. The van der Waals surface area contributed by atoms with Crippen molar-refractivity contribution in [2.45, 2.75) is 0 Å². The third-order valence-electron chi connectivity index (χ3n) is 1.38. The van der Waals surface area contributed by atoms with Crippen LogP contribution in [0.4, 0.5) is 11.6 Å². The number of aromatic amines is 2. The van der Waals surface area contributed by atoms with Gasteiger partial charge in [-0.2, -0.15) is 9.97 Å². The molecule has 6 N–H and O–H groups in total. The molecule has 23 heavy (non-hydrogen) atoms. The second-order valence-electron chi connectivity index (χ2n) is 2.82. The SMILES string of the molecule is Nc1cc[nH]c(=O)n1.Nc1cc[nH]c(=O)n1.[Co+2].[N-]=C=O.[N-]=C=O. The van der Waals surface area contributed by atoms with Crippen LogP contribution in [0.25, 0.3) is 10.8 Å². The van der Waals surface area contributed by atoms with Gasteiger partial charge in [0.25, 0.3) is 0 Å². The minimum Gasteiger partial charge on any atom is -0.724 e. The van der Waals surface area contributed by atoms with E-state index in [-0.39, 0.29) is 28.4 Å². The summed E-state index contributed by atoms with van der Waals surface area (Å²) >= 11 is 0. The van der Waals surface area contributed by atoms with E-state index in [1.54, 1.807) is 0 Å². The van der Waals surface area contributed by atoms with Crippen molar-refractivity contribution in [3.05, 3.63) is 56.3 Å². The van der Waals surface area contributed by atoms with Gasteiger partial charge in [0.1, 0.15) is 11.6 Å². The molecule has 0 aromatic carbocycles. The van der Waals surface area contributed by atoms with Crippen LogP contribution in [-0.4, -0.2) is 32.1 Å². The fraction of sp³-hybridized carbons (Fsp3) is 0. The zero-order valence-electron chi connectivity index (χ0n) is 11.2. The molecule has 0 saturated carbocycles. The molecule has 2 aromatic heterocycles. The Morgan fingerprint density at radius 2 is 1.13 bits per heavy atom. The quantitative estimate of drug-likeness (QED) is 0.316. The Hall–Kier alpha value is -3.37. The number of aromatic nitrogens is 4. The maximum absolute atomic E-state index is 10.2. The molecule has 0 fully saturated rings. The minimum absolute atomic E-state index is 0. The Balaban J connectivity index is -0.000000253. The van der Waals surface area contributed by atoms with Crippen LogP contribution in [0, 0.1) is 0 Å². The first-order chi connectivity index (χ1) is 10.4. The van der Waals surface area contributed by atoms with Crippen molar-refractivity contribution in [3.63, 3.8) is 0 Å². The third-order valence-corrected chi connectivity index (χ3v) is 1.38. The van der Waals surface area contributed by atoms with Gasteiger partial charge in [-0.1, -0.05) is 0 Å². The molecular formula is C10H10CoN8O4. The maximum atomic E-state index is 10.2. The van der Waals surface area contributed by atoms with Crippen molar-refractivity contribution in [2.75, 3.05) is 11.5 Å². The molecule has 0 aliphatic carbocycles. The molecule has 2 heterocycles. The Morgan fingerprint density at radius 1 is 0.870 bits per heavy atom. The number of nitrogens with zero attached hydrogens (tertiary/aromatic N) is 4.